The number of carbonyl (C=O) groups is 1. The number of carbonyl (C=O) groups excluding carboxylic acids is 1. The average Bonchev–Trinajstić information content (AvgIpc) is 2.53. The first kappa shape index (κ1) is 15.3. The highest BCUT2D eigenvalue weighted by atomic mass is 32.2. The molecule has 0 aliphatic rings. The van der Waals surface area contributed by atoms with Crippen LogP contribution >= 0.6 is 11.8 Å². The van der Waals surface area contributed by atoms with Gasteiger partial charge >= 0.3 is 0 Å². The SMILES string of the molecule is O=C(NO)c1ncc(CSc2ccccc2)c(CO)c1O. The summed E-state index contributed by atoms with van der Waals surface area (Å²) >= 11 is 1.52. The number of benzene rings is 1. The fourth-order valence-corrected chi connectivity index (χ4v) is 2.69. The first-order chi connectivity index (χ1) is 10.2. The van der Waals surface area contributed by atoms with Crippen molar-refractivity contribution in [3.63, 3.8) is 0 Å². The molecule has 1 heterocycles. The fourth-order valence-electron chi connectivity index (χ4n) is 1.77. The van der Waals surface area contributed by atoms with Crippen molar-refractivity contribution >= 4 is 17.7 Å². The maximum absolute atomic E-state index is 11.3. The van der Waals surface area contributed by atoms with Crippen LogP contribution in [-0.2, 0) is 12.4 Å². The Morgan fingerprint density at radius 1 is 1.29 bits per heavy atom. The molecular formula is C14H14N2O4S. The maximum Gasteiger partial charge on any atom is 0.297 e. The van der Waals surface area contributed by atoms with Crippen LogP contribution in [-0.4, -0.2) is 26.3 Å². The molecule has 1 aromatic heterocycles. The second-order valence-electron chi connectivity index (χ2n) is 4.16. The summed E-state index contributed by atoms with van der Waals surface area (Å²) < 4.78 is 0. The molecule has 0 aliphatic heterocycles. The molecule has 0 unspecified atom stereocenters. The second-order valence-corrected chi connectivity index (χ2v) is 5.21. The van der Waals surface area contributed by atoms with E-state index in [1.54, 1.807) is 0 Å². The molecule has 1 aromatic carbocycles. The number of amides is 1. The van der Waals surface area contributed by atoms with E-state index in [0.29, 0.717) is 11.3 Å². The Bertz CT molecular complexity index is 634. The lowest BCUT2D eigenvalue weighted by Crippen LogP contribution is -2.20. The predicted octanol–water partition coefficient (Wildman–Crippen LogP) is 1.69. The molecule has 2 aromatic rings. The number of nitrogens with one attached hydrogen (secondary N) is 1. The third-order valence-electron chi connectivity index (χ3n) is 2.86. The fraction of sp³-hybridized carbons (Fsp3) is 0.143. The van der Waals surface area contributed by atoms with Crippen LogP contribution in [0, 0.1) is 0 Å². The van der Waals surface area contributed by atoms with E-state index in [1.165, 1.54) is 23.4 Å². The Hall–Kier alpha value is -2.09. The van der Waals surface area contributed by atoms with Gasteiger partial charge in [0.05, 0.1) is 6.61 Å². The molecule has 0 radical (unpaired) electrons. The molecule has 0 saturated heterocycles. The molecule has 0 atom stereocenters. The molecule has 2 rings (SSSR count). The van der Waals surface area contributed by atoms with Gasteiger partial charge in [0.15, 0.2) is 11.4 Å². The van der Waals surface area contributed by atoms with E-state index in [2.05, 4.69) is 4.98 Å². The summed E-state index contributed by atoms with van der Waals surface area (Å²) in [7, 11) is 0. The summed E-state index contributed by atoms with van der Waals surface area (Å²) in [4.78, 5) is 16.2. The number of hydroxylamine groups is 1. The zero-order chi connectivity index (χ0) is 15.2. The minimum atomic E-state index is -0.926. The summed E-state index contributed by atoms with van der Waals surface area (Å²) in [6.07, 6.45) is 1.41. The van der Waals surface area contributed by atoms with Crippen molar-refractivity contribution in [1.82, 2.24) is 10.5 Å². The highest BCUT2D eigenvalue weighted by Crippen LogP contribution is 2.29. The second kappa shape index (κ2) is 7.07. The Morgan fingerprint density at radius 2 is 2.00 bits per heavy atom. The van der Waals surface area contributed by atoms with Crippen molar-refractivity contribution in [3.8, 4) is 5.75 Å². The van der Waals surface area contributed by atoms with E-state index in [4.69, 9.17) is 5.21 Å². The van der Waals surface area contributed by atoms with Crippen LogP contribution in [0.1, 0.15) is 21.6 Å². The number of rotatable bonds is 5. The van der Waals surface area contributed by atoms with Crippen molar-refractivity contribution in [3.05, 3.63) is 53.3 Å². The molecule has 7 heteroatoms. The van der Waals surface area contributed by atoms with Gasteiger partial charge in [-0.05, 0) is 17.7 Å². The van der Waals surface area contributed by atoms with Crippen molar-refractivity contribution in [2.75, 3.05) is 0 Å². The van der Waals surface area contributed by atoms with Gasteiger partial charge in [0.1, 0.15) is 0 Å². The number of pyridine rings is 1. The maximum atomic E-state index is 11.3. The minimum absolute atomic E-state index is 0.229. The van der Waals surface area contributed by atoms with Crippen molar-refractivity contribution < 1.29 is 20.2 Å². The lowest BCUT2D eigenvalue weighted by molar-refractivity contribution is 0.0697. The molecular weight excluding hydrogens is 292 g/mol. The molecule has 0 spiro atoms. The molecule has 0 bridgehead atoms. The third-order valence-corrected chi connectivity index (χ3v) is 3.92. The lowest BCUT2D eigenvalue weighted by Gasteiger charge is -2.11. The van der Waals surface area contributed by atoms with Gasteiger partial charge in [0, 0.05) is 22.4 Å². The van der Waals surface area contributed by atoms with E-state index in [9.17, 15) is 15.0 Å². The smallest absolute Gasteiger partial charge is 0.297 e. The molecule has 0 fully saturated rings. The summed E-state index contributed by atoms with van der Waals surface area (Å²) in [5.74, 6) is -0.860. The lowest BCUT2D eigenvalue weighted by atomic mass is 10.1. The van der Waals surface area contributed by atoms with Crippen LogP contribution in [0.25, 0.3) is 0 Å². The molecule has 1 amide bonds. The van der Waals surface area contributed by atoms with Crippen molar-refractivity contribution in [1.29, 1.82) is 0 Å². The number of aliphatic hydroxyl groups is 1. The Labute approximate surface area is 125 Å². The highest BCUT2D eigenvalue weighted by molar-refractivity contribution is 7.98. The number of aliphatic hydroxyl groups excluding tert-OH is 1. The highest BCUT2D eigenvalue weighted by Gasteiger charge is 2.18. The Kier molecular flexibility index (Phi) is 5.15. The number of hydrogen-bond acceptors (Lipinski definition) is 6. The average molecular weight is 306 g/mol. The summed E-state index contributed by atoms with van der Waals surface area (Å²) in [5, 5.41) is 27.9. The van der Waals surface area contributed by atoms with Gasteiger partial charge in [-0.1, -0.05) is 18.2 Å². The Morgan fingerprint density at radius 3 is 2.62 bits per heavy atom. The number of hydrogen-bond donors (Lipinski definition) is 4. The molecule has 4 N–H and O–H groups in total. The largest absolute Gasteiger partial charge is 0.505 e. The molecule has 110 valence electrons. The van der Waals surface area contributed by atoms with Crippen LogP contribution < -0.4 is 5.48 Å². The zero-order valence-electron chi connectivity index (χ0n) is 11.0. The van der Waals surface area contributed by atoms with Gasteiger partial charge in [-0.25, -0.2) is 10.5 Å². The topological polar surface area (TPSA) is 103 Å². The van der Waals surface area contributed by atoms with Gasteiger partial charge in [0.2, 0.25) is 0 Å². The standard InChI is InChI=1S/C14H14N2O4S/c17-7-11-9(8-21-10-4-2-1-3-5-10)6-15-12(13(11)18)14(19)16-20/h1-6,17-18,20H,7-8H2,(H,16,19). The third kappa shape index (κ3) is 3.52. The predicted molar refractivity (Wildman–Crippen MR) is 77.1 cm³/mol. The first-order valence-electron chi connectivity index (χ1n) is 6.10. The monoisotopic (exact) mass is 306 g/mol. The van der Waals surface area contributed by atoms with Gasteiger partial charge in [-0.2, -0.15) is 0 Å². The van der Waals surface area contributed by atoms with Crippen LogP contribution in [0.3, 0.4) is 0 Å². The van der Waals surface area contributed by atoms with Crippen LogP contribution in [0.15, 0.2) is 41.4 Å². The van der Waals surface area contributed by atoms with Gasteiger partial charge < -0.3 is 10.2 Å². The van der Waals surface area contributed by atoms with E-state index >= 15 is 0 Å². The van der Waals surface area contributed by atoms with E-state index < -0.39 is 18.3 Å². The van der Waals surface area contributed by atoms with Crippen LogP contribution in [0.4, 0.5) is 0 Å². The summed E-state index contributed by atoms with van der Waals surface area (Å²) in [6, 6.07) is 9.65. The summed E-state index contributed by atoms with van der Waals surface area (Å²) in [6.45, 7) is -0.426. The molecule has 0 saturated carbocycles. The number of aromatic nitrogens is 1. The van der Waals surface area contributed by atoms with Gasteiger partial charge in [-0.3, -0.25) is 10.0 Å². The van der Waals surface area contributed by atoms with E-state index in [1.807, 2.05) is 30.3 Å². The Balaban J connectivity index is 2.24. The van der Waals surface area contributed by atoms with Crippen LogP contribution in [0.2, 0.25) is 0 Å². The number of aromatic hydroxyl groups is 1. The normalized spacial score (nSPS) is 10.4. The van der Waals surface area contributed by atoms with Crippen molar-refractivity contribution in [2.45, 2.75) is 17.3 Å². The number of nitrogens with zero attached hydrogens (tertiary/aromatic N) is 1. The van der Waals surface area contributed by atoms with Gasteiger partial charge in [0.25, 0.3) is 5.91 Å². The minimum Gasteiger partial charge on any atom is -0.505 e. The quantitative estimate of drug-likeness (QED) is 0.381. The van der Waals surface area contributed by atoms with Gasteiger partial charge in [-0.15, -0.1) is 11.8 Å². The van der Waals surface area contributed by atoms with Crippen LogP contribution in [0.5, 0.6) is 5.75 Å². The zero-order valence-corrected chi connectivity index (χ0v) is 11.8. The van der Waals surface area contributed by atoms with Crippen molar-refractivity contribution in [2.24, 2.45) is 0 Å². The van der Waals surface area contributed by atoms with E-state index in [-0.39, 0.29) is 11.3 Å². The number of thioether (sulfide) groups is 1. The molecule has 0 aliphatic carbocycles. The molecule has 21 heavy (non-hydrogen) atoms. The van der Waals surface area contributed by atoms with E-state index in [0.717, 1.165) is 4.90 Å². The first-order valence-corrected chi connectivity index (χ1v) is 7.08. The molecule has 6 nitrogen and oxygen atoms in total. The summed E-state index contributed by atoms with van der Waals surface area (Å²) in [5.41, 5.74) is 1.93.